The number of halogens is 3. The topological polar surface area (TPSA) is 65.0 Å². The molecule has 0 unspecified atom stereocenters. The van der Waals surface area contributed by atoms with Crippen LogP contribution in [0.3, 0.4) is 0 Å². The fourth-order valence-electron chi connectivity index (χ4n) is 2.63. The number of aliphatic hydroxyl groups is 1. The zero-order valence-corrected chi connectivity index (χ0v) is 13.1. The number of aliphatic hydroxyl groups excluding tert-OH is 1. The summed E-state index contributed by atoms with van der Waals surface area (Å²) in [5, 5.41) is 22.0. The highest BCUT2D eigenvalue weighted by molar-refractivity contribution is 5.85. The Bertz CT molecular complexity index is 485. The maximum Gasteiger partial charge on any atom is 0.289 e. The van der Waals surface area contributed by atoms with Gasteiger partial charge in [0.05, 0.1) is 7.11 Å². The van der Waals surface area contributed by atoms with Gasteiger partial charge in [-0.05, 0) is 17.7 Å². The molecule has 1 saturated heterocycles. The third-order valence-electron chi connectivity index (χ3n) is 3.65. The molecule has 2 rings (SSSR count). The van der Waals surface area contributed by atoms with Gasteiger partial charge in [-0.15, -0.1) is 12.4 Å². The second-order valence-electron chi connectivity index (χ2n) is 5.04. The lowest BCUT2D eigenvalue weighted by Crippen LogP contribution is -2.51. The van der Waals surface area contributed by atoms with Crippen LogP contribution in [0.4, 0.5) is 8.78 Å². The van der Waals surface area contributed by atoms with E-state index in [0.717, 1.165) is 0 Å². The van der Waals surface area contributed by atoms with Crippen LogP contribution in [-0.4, -0.2) is 60.9 Å². The van der Waals surface area contributed by atoms with Crippen LogP contribution >= 0.6 is 12.4 Å². The number of hydrogen-bond acceptors (Lipinski definition) is 5. The van der Waals surface area contributed by atoms with E-state index >= 15 is 0 Å². The van der Waals surface area contributed by atoms with Crippen molar-refractivity contribution in [3.8, 4) is 11.5 Å². The average molecular weight is 339 g/mol. The van der Waals surface area contributed by atoms with Crippen LogP contribution in [0.15, 0.2) is 18.2 Å². The van der Waals surface area contributed by atoms with E-state index in [1.54, 1.807) is 4.90 Å². The van der Waals surface area contributed by atoms with E-state index in [0.29, 0.717) is 26.2 Å². The lowest BCUT2D eigenvalue weighted by atomic mass is 9.97. The number of methoxy groups -OCH3 is 1. The van der Waals surface area contributed by atoms with Gasteiger partial charge in [-0.25, -0.2) is 8.78 Å². The summed E-state index contributed by atoms with van der Waals surface area (Å²) < 4.78 is 33.3. The molecular weight excluding hydrogens is 318 g/mol. The molecule has 0 radical (unpaired) electrons. The molecule has 1 fully saturated rings. The van der Waals surface area contributed by atoms with Gasteiger partial charge in [-0.3, -0.25) is 4.90 Å². The molecule has 1 aromatic carbocycles. The van der Waals surface area contributed by atoms with Crippen molar-refractivity contribution in [3.05, 3.63) is 23.8 Å². The number of nitrogens with one attached hydrogen (secondary N) is 1. The first-order chi connectivity index (χ1) is 9.99. The lowest BCUT2D eigenvalue weighted by molar-refractivity contribution is -0.118. The van der Waals surface area contributed by atoms with E-state index in [1.165, 1.54) is 25.3 Å². The Morgan fingerprint density at radius 1 is 1.36 bits per heavy atom. The van der Waals surface area contributed by atoms with Crippen LogP contribution in [0.1, 0.15) is 11.6 Å². The molecule has 1 atom stereocenters. The number of hydrogen-bond donors (Lipinski definition) is 3. The van der Waals surface area contributed by atoms with Crippen LogP contribution < -0.4 is 10.1 Å². The molecule has 0 bridgehead atoms. The predicted molar refractivity (Wildman–Crippen MR) is 81.1 cm³/mol. The summed E-state index contributed by atoms with van der Waals surface area (Å²) in [6.45, 7) is 0.884. The van der Waals surface area contributed by atoms with Gasteiger partial charge in [0.15, 0.2) is 11.5 Å². The minimum absolute atomic E-state index is 0. The van der Waals surface area contributed by atoms with Crippen molar-refractivity contribution in [1.29, 1.82) is 0 Å². The largest absolute Gasteiger partial charge is 0.504 e. The van der Waals surface area contributed by atoms with Crippen LogP contribution in [0.25, 0.3) is 0 Å². The van der Waals surface area contributed by atoms with Gasteiger partial charge in [0.2, 0.25) is 0 Å². The highest BCUT2D eigenvalue weighted by Gasteiger charge is 2.44. The van der Waals surface area contributed by atoms with Gasteiger partial charge >= 0.3 is 0 Å². The predicted octanol–water partition coefficient (Wildman–Crippen LogP) is 1.40. The van der Waals surface area contributed by atoms with Crippen molar-refractivity contribution >= 4 is 12.4 Å². The summed E-state index contributed by atoms with van der Waals surface area (Å²) in [6, 6.07) is 2.94. The number of piperazine rings is 1. The molecule has 1 aromatic rings. The number of ether oxygens (including phenoxy) is 1. The summed E-state index contributed by atoms with van der Waals surface area (Å²) in [5.41, 5.74) is 0.259. The van der Waals surface area contributed by atoms with E-state index in [9.17, 15) is 13.9 Å². The maximum atomic E-state index is 14.2. The minimum Gasteiger partial charge on any atom is -0.504 e. The van der Waals surface area contributed by atoms with Crippen molar-refractivity contribution in [2.24, 2.45) is 0 Å². The summed E-state index contributed by atoms with van der Waals surface area (Å²) >= 11 is 0. The number of phenols is 1. The molecule has 0 aliphatic carbocycles. The fraction of sp³-hybridized carbons (Fsp3) is 0.571. The van der Waals surface area contributed by atoms with Crippen LogP contribution in [-0.2, 0) is 0 Å². The van der Waals surface area contributed by atoms with Crippen LogP contribution in [0.5, 0.6) is 11.5 Å². The normalized spacial score (nSPS) is 17.6. The molecule has 0 saturated carbocycles. The zero-order chi connectivity index (χ0) is 15.5. The molecule has 8 heteroatoms. The van der Waals surface area contributed by atoms with Gasteiger partial charge < -0.3 is 20.3 Å². The molecule has 5 nitrogen and oxygen atoms in total. The molecule has 126 valence electrons. The molecule has 3 N–H and O–H groups in total. The second-order valence-corrected chi connectivity index (χ2v) is 5.04. The van der Waals surface area contributed by atoms with Crippen LogP contribution in [0, 0.1) is 0 Å². The fourth-order valence-corrected chi connectivity index (χ4v) is 2.63. The number of phenolic OH excluding ortho intramolecular Hbond substituents is 1. The Labute approximate surface area is 134 Å². The van der Waals surface area contributed by atoms with E-state index in [-0.39, 0.29) is 29.5 Å². The average Bonchev–Trinajstić information content (AvgIpc) is 2.48. The number of aromatic hydroxyl groups is 1. The smallest absolute Gasteiger partial charge is 0.289 e. The first-order valence-corrected chi connectivity index (χ1v) is 6.80. The third-order valence-corrected chi connectivity index (χ3v) is 3.65. The van der Waals surface area contributed by atoms with E-state index < -0.39 is 18.6 Å². The lowest BCUT2D eigenvalue weighted by Gasteiger charge is -2.38. The number of rotatable bonds is 5. The summed E-state index contributed by atoms with van der Waals surface area (Å²) in [4.78, 5) is 1.62. The summed E-state index contributed by atoms with van der Waals surface area (Å²) in [5.74, 6) is -3.26. The highest BCUT2D eigenvalue weighted by atomic mass is 35.5. The van der Waals surface area contributed by atoms with Crippen molar-refractivity contribution in [2.45, 2.75) is 12.0 Å². The monoisotopic (exact) mass is 338 g/mol. The first-order valence-electron chi connectivity index (χ1n) is 6.80. The van der Waals surface area contributed by atoms with Crippen molar-refractivity contribution in [1.82, 2.24) is 10.2 Å². The number of nitrogens with zero attached hydrogens (tertiary/aromatic N) is 1. The zero-order valence-electron chi connectivity index (χ0n) is 12.3. The van der Waals surface area contributed by atoms with Gasteiger partial charge in [-0.2, -0.15) is 0 Å². The van der Waals surface area contributed by atoms with Crippen molar-refractivity contribution in [3.63, 3.8) is 0 Å². The molecule has 0 amide bonds. The van der Waals surface area contributed by atoms with Crippen LogP contribution in [0.2, 0.25) is 0 Å². The molecule has 1 heterocycles. The quantitative estimate of drug-likeness (QED) is 0.757. The Kier molecular flexibility index (Phi) is 6.80. The molecular formula is C14H21ClF2N2O3. The highest BCUT2D eigenvalue weighted by Crippen LogP contribution is 2.39. The Morgan fingerprint density at radius 2 is 2.00 bits per heavy atom. The summed E-state index contributed by atoms with van der Waals surface area (Å²) in [7, 11) is 1.39. The van der Waals surface area contributed by atoms with E-state index in [2.05, 4.69) is 5.32 Å². The Morgan fingerprint density at radius 3 is 2.50 bits per heavy atom. The van der Waals surface area contributed by atoms with E-state index in [1.807, 2.05) is 0 Å². The molecule has 1 aliphatic heterocycles. The van der Waals surface area contributed by atoms with Gasteiger partial charge in [0.25, 0.3) is 5.92 Å². The SMILES string of the molecule is COc1ccc([C@H](N2CCNCC2)C(F)(F)CO)cc1O.Cl. The Balaban J connectivity index is 0.00000242. The maximum absolute atomic E-state index is 14.2. The second kappa shape index (κ2) is 7.92. The number of alkyl halides is 2. The molecule has 1 aliphatic rings. The Hall–Kier alpha value is -1.15. The molecule has 0 aromatic heterocycles. The van der Waals surface area contributed by atoms with Gasteiger partial charge in [-0.1, -0.05) is 6.07 Å². The standard InChI is InChI=1S/C14H20F2N2O3.ClH/c1-21-12-3-2-10(8-11(12)20)13(14(15,16)9-19)18-6-4-17-5-7-18;/h2-3,8,13,17,19-20H,4-7,9H2,1H3;1H/t13-;/m0./s1. The summed E-state index contributed by atoms with van der Waals surface area (Å²) in [6.07, 6.45) is 0. The molecule has 0 spiro atoms. The van der Waals surface area contributed by atoms with Crippen molar-refractivity contribution < 1.29 is 23.7 Å². The minimum atomic E-state index is -3.29. The number of benzene rings is 1. The van der Waals surface area contributed by atoms with E-state index in [4.69, 9.17) is 9.84 Å². The third kappa shape index (κ3) is 3.98. The van der Waals surface area contributed by atoms with Gasteiger partial charge in [0, 0.05) is 26.2 Å². The van der Waals surface area contributed by atoms with Gasteiger partial charge in [0.1, 0.15) is 12.6 Å². The van der Waals surface area contributed by atoms with Crippen molar-refractivity contribution in [2.75, 3.05) is 39.9 Å². The first kappa shape index (κ1) is 18.9. The molecule has 22 heavy (non-hydrogen) atoms.